The number of hydrogen-bond acceptors (Lipinski definition) is 3. The van der Waals surface area contributed by atoms with E-state index in [0.29, 0.717) is 13.0 Å². The fourth-order valence-corrected chi connectivity index (χ4v) is 5.83. The molecule has 24 heavy (non-hydrogen) atoms. The van der Waals surface area contributed by atoms with Crippen molar-refractivity contribution in [2.45, 2.75) is 44.9 Å². The fraction of sp³-hybridized carbons (Fsp3) is 0.700. The predicted molar refractivity (Wildman–Crippen MR) is 92.1 cm³/mol. The lowest BCUT2D eigenvalue weighted by Crippen LogP contribution is -2.54. The lowest BCUT2D eigenvalue weighted by Gasteiger charge is -2.55. The third kappa shape index (κ3) is 3.08. The van der Waals surface area contributed by atoms with Gasteiger partial charge in [-0.25, -0.2) is 0 Å². The SMILES string of the molecule is O=C(NCC(CO)Cc1ccccn1)C12CC3CC(CC(C3)C1)C2. The lowest BCUT2D eigenvalue weighted by atomic mass is 9.49. The van der Waals surface area contributed by atoms with E-state index >= 15 is 0 Å². The zero-order valence-corrected chi connectivity index (χ0v) is 14.3. The highest BCUT2D eigenvalue weighted by atomic mass is 16.3. The van der Waals surface area contributed by atoms with E-state index in [-0.39, 0.29) is 23.8 Å². The normalized spacial score (nSPS) is 35.0. The Labute approximate surface area is 144 Å². The van der Waals surface area contributed by atoms with Gasteiger partial charge in [0.2, 0.25) is 5.91 Å². The van der Waals surface area contributed by atoms with Gasteiger partial charge in [-0.2, -0.15) is 0 Å². The van der Waals surface area contributed by atoms with Crippen LogP contribution in [0, 0.1) is 29.1 Å². The molecule has 1 atom stereocenters. The third-order valence-electron chi connectivity index (χ3n) is 6.55. The molecule has 4 heteroatoms. The molecule has 5 rings (SSSR count). The molecular weight excluding hydrogens is 300 g/mol. The van der Waals surface area contributed by atoms with Gasteiger partial charge in [0.05, 0.1) is 0 Å². The number of pyridine rings is 1. The zero-order chi connectivity index (χ0) is 16.6. The molecule has 1 aromatic heterocycles. The van der Waals surface area contributed by atoms with Crippen LogP contribution in [0.2, 0.25) is 0 Å². The topological polar surface area (TPSA) is 62.2 Å². The van der Waals surface area contributed by atoms with Crippen LogP contribution in [0.5, 0.6) is 0 Å². The van der Waals surface area contributed by atoms with Gasteiger partial charge in [0.15, 0.2) is 0 Å². The van der Waals surface area contributed by atoms with Crippen LogP contribution in [0.25, 0.3) is 0 Å². The van der Waals surface area contributed by atoms with Crippen LogP contribution in [0.3, 0.4) is 0 Å². The summed E-state index contributed by atoms with van der Waals surface area (Å²) in [6, 6.07) is 5.83. The summed E-state index contributed by atoms with van der Waals surface area (Å²) in [5, 5.41) is 12.8. The molecule has 2 N–H and O–H groups in total. The number of carbonyl (C=O) groups is 1. The van der Waals surface area contributed by atoms with Crippen molar-refractivity contribution < 1.29 is 9.90 Å². The lowest BCUT2D eigenvalue weighted by molar-refractivity contribution is -0.146. The summed E-state index contributed by atoms with van der Waals surface area (Å²) in [4.78, 5) is 17.3. The minimum Gasteiger partial charge on any atom is -0.396 e. The predicted octanol–water partition coefficient (Wildman–Crippen LogP) is 2.57. The van der Waals surface area contributed by atoms with Crippen LogP contribution < -0.4 is 5.32 Å². The molecule has 4 aliphatic rings. The molecule has 0 aromatic carbocycles. The van der Waals surface area contributed by atoms with Crippen LogP contribution >= 0.6 is 0 Å². The molecule has 0 radical (unpaired) electrons. The average molecular weight is 328 g/mol. The van der Waals surface area contributed by atoms with Gasteiger partial charge >= 0.3 is 0 Å². The molecule has 1 aromatic rings. The van der Waals surface area contributed by atoms with Crippen molar-refractivity contribution in [1.29, 1.82) is 0 Å². The summed E-state index contributed by atoms with van der Waals surface area (Å²) in [5.41, 5.74) is 0.875. The van der Waals surface area contributed by atoms with E-state index in [4.69, 9.17) is 0 Å². The van der Waals surface area contributed by atoms with Gasteiger partial charge < -0.3 is 10.4 Å². The maximum Gasteiger partial charge on any atom is 0.226 e. The summed E-state index contributed by atoms with van der Waals surface area (Å²) >= 11 is 0. The molecule has 0 saturated heterocycles. The maximum absolute atomic E-state index is 13.0. The second-order valence-corrected chi connectivity index (χ2v) is 8.48. The van der Waals surface area contributed by atoms with Crippen molar-refractivity contribution in [2.75, 3.05) is 13.2 Å². The van der Waals surface area contributed by atoms with E-state index in [1.54, 1.807) is 6.20 Å². The minimum absolute atomic E-state index is 0.0396. The average Bonchev–Trinajstić information content (AvgIpc) is 2.58. The van der Waals surface area contributed by atoms with Crippen LogP contribution in [0.15, 0.2) is 24.4 Å². The molecule has 0 spiro atoms. The Balaban J connectivity index is 1.36. The number of nitrogens with one attached hydrogen (secondary N) is 1. The molecule has 4 bridgehead atoms. The second kappa shape index (κ2) is 6.47. The van der Waals surface area contributed by atoms with Crippen molar-refractivity contribution in [2.24, 2.45) is 29.1 Å². The molecular formula is C20H28N2O2. The number of aromatic nitrogens is 1. The highest BCUT2D eigenvalue weighted by Crippen LogP contribution is 2.60. The first-order valence-corrected chi connectivity index (χ1v) is 9.46. The van der Waals surface area contributed by atoms with Gasteiger partial charge in [-0.3, -0.25) is 9.78 Å². The monoisotopic (exact) mass is 328 g/mol. The van der Waals surface area contributed by atoms with Crippen molar-refractivity contribution in [3.05, 3.63) is 30.1 Å². The van der Waals surface area contributed by atoms with E-state index in [0.717, 1.165) is 42.7 Å². The molecule has 130 valence electrons. The smallest absolute Gasteiger partial charge is 0.226 e. The Kier molecular flexibility index (Phi) is 4.33. The van der Waals surface area contributed by atoms with E-state index in [1.807, 2.05) is 18.2 Å². The number of rotatable bonds is 6. The van der Waals surface area contributed by atoms with E-state index in [2.05, 4.69) is 10.3 Å². The third-order valence-corrected chi connectivity index (χ3v) is 6.55. The first-order chi connectivity index (χ1) is 11.7. The largest absolute Gasteiger partial charge is 0.396 e. The Morgan fingerprint density at radius 1 is 1.21 bits per heavy atom. The first kappa shape index (κ1) is 16.1. The zero-order valence-electron chi connectivity index (χ0n) is 14.3. The first-order valence-electron chi connectivity index (χ1n) is 9.46. The number of aliphatic hydroxyl groups excluding tert-OH is 1. The second-order valence-electron chi connectivity index (χ2n) is 8.48. The molecule has 1 heterocycles. The Hall–Kier alpha value is -1.42. The summed E-state index contributed by atoms with van der Waals surface area (Å²) in [6.45, 7) is 0.630. The Bertz CT molecular complexity index is 551. The highest BCUT2D eigenvalue weighted by molar-refractivity contribution is 5.83. The van der Waals surface area contributed by atoms with Gasteiger partial charge in [0.1, 0.15) is 0 Å². The highest BCUT2D eigenvalue weighted by Gasteiger charge is 2.54. The molecule has 4 aliphatic carbocycles. The minimum atomic E-state index is -0.0975. The number of nitrogens with zero attached hydrogens (tertiary/aromatic N) is 1. The molecule has 1 amide bonds. The molecule has 4 fully saturated rings. The summed E-state index contributed by atoms with van der Waals surface area (Å²) in [7, 11) is 0. The summed E-state index contributed by atoms with van der Waals surface area (Å²) < 4.78 is 0. The number of aliphatic hydroxyl groups is 1. The van der Waals surface area contributed by atoms with Gasteiger partial charge in [-0.05, 0) is 74.8 Å². The quantitative estimate of drug-likeness (QED) is 0.844. The molecule has 1 unspecified atom stereocenters. The van der Waals surface area contributed by atoms with Gasteiger partial charge in [0.25, 0.3) is 0 Å². The van der Waals surface area contributed by atoms with Crippen LogP contribution in [-0.4, -0.2) is 29.1 Å². The number of amides is 1. The van der Waals surface area contributed by atoms with E-state index in [1.165, 1.54) is 19.3 Å². The van der Waals surface area contributed by atoms with Gasteiger partial charge in [-0.15, -0.1) is 0 Å². The van der Waals surface area contributed by atoms with Crippen LogP contribution in [0.1, 0.15) is 44.2 Å². The number of carbonyl (C=O) groups excluding carboxylic acids is 1. The van der Waals surface area contributed by atoms with Crippen molar-refractivity contribution in [3.63, 3.8) is 0 Å². The maximum atomic E-state index is 13.0. The summed E-state index contributed by atoms with van der Waals surface area (Å²) in [6.07, 6.45) is 9.82. The van der Waals surface area contributed by atoms with E-state index in [9.17, 15) is 9.90 Å². The van der Waals surface area contributed by atoms with Crippen molar-refractivity contribution in [3.8, 4) is 0 Å². The van der Waals surface area contributed by atoms with Crippen molar-refractivity contribution in [1.82, 2.24) is 10.3 Å². The van der Waals surface area contributed by atoms with E-state index < -0.39 is 0 Å². The van der Waals surface area contributed by atoms with Crippen LogP contribution in [0.4, 0.5) is 0 Å². The van der Waals surface area contributed by atoms with Crippen molar-refractivity contribution >= 4 is 5.91 Å². The Morgan fingerprint density at radius 3 is 2.42 bits per heavy atom. The summed E-state index contributed by atoms with van der Waals surface area (Å²) in [5.74, 6) is 2.64. The van der Waals surface area contributed by atoms with Gasteiger partial charge in [-0.1, -0.05) is 6.07 Å². The molecule has 0 aliphatic heterocycles. The van der Waals surface area contributed by atoms with Crippen LogP contribution in [-0.2, 0) is 11.2 Å². The van der Waals surface area contributed by atoms with Gasteiger partial charge in [0, 0.05) is 36.4 Å². The Morgan fingerprint density at radius 2 is 1.88 bits per heavy atom. The number of hydrogen-bond donors (Lipinski definition) is 2. The standard InChI is InChI=1S/C20H28N2O2/c23-13-17(8-18-3-1-2-4-21-18)12-22-19(24)20-9-14-5-15(10-20)7-16(6-14)11-20/h1-4,14-17,23H,5-13H2,(H,22,24). The molecule has 4 nitrogen and oxygen atoms in total. The fourth-order valence-electron chi connectivity index (χ4n) is 5.83. The molecule has 4 saturated carbocycles.